The van der Waals surface area contributed by atoms with E-state index >= 15 is 0 Å². The van der Waals surface area contributed by atoms with Crippen LogP contribution >= 0.6 is 12.2 Å². The summed E-state index contributed by atoms with van der Waals surface area (Å²) >= 11 is 5.05. The van der Waals surface area contributed by atoms with Crippen LogP contribution in [0, 0.1) is 25.5 Å². The second kappa shape index (κ2) is 6.52. The van der Waals surface area contributed by atoms with Crippen molar-refractivity contribution < 1.29 is 4.79 Å². The Kier molecular flexibility index (Phi) is 4.44. The Morgan fingerprint density at radius 2 is 1.92 bits per heavy atom. The molecule has 0 aliphatic carbocycles. The summed E-state index contributed by atoms with van der Waals surface area (Å²) in [6.07, 6.45) is 0.269. The molecule has 7 heteroatoms. The molecule has 124 valence electrons. The molecule has 0 fully saturated rings. The fraction of sp³-hybridized carbons (Fsp3) is 0.294. The van der Waals surface area contributed by atoms with Gasteiger partial charge in [0.15, 0.2) is 0 Å². The summed E-state index contributed by atoms with van der Waals surface area (Å²) < 4.78 is 2.10. The maximum Gasteiger partial charge on any atom is 0.252 e. The Hall–Kier alpha value is -2.54. The van der Waals surface area contributed by atoms with Gasteiger partial charge in [0, 0.05) is 23.5 Å². The predicted octanol–water partition coefficient (Wildman–Crippen LogP) is 2.57. The molecule has 1 aromatic carbocycles. The number of aryl methyl sites for hydroxylation is 3. The number of hydrogen-bond donors (Lipinski definition) is 2. The van der Waals surface area contributed by atoms with E-state index in [2.05, 4.69) is 20.4 Å². The number of H-pyrrole nitrogens is 1. The number of aromatic nitrogens is 4. The molecule has 3 aromatic rings. The SMILES string of the molecule is Cc1ccc(CNC(=O)Cc2c(C)nc3nc(=S)[nH]n3c2C)cc1. The number of aromatic amines is 1. The maximum atomic E-state index is 12.3. The number of benzene rings is 1. The molecule has 0 atom stereocenters. The van der Waals surface area contributed by atoms with Crippen LogP contribution in [0.25, 0.3) is 5.78 Å². The molecule has 0 saturated carbocycles. The highest BCUT2D eigenvalue weighted by Gasteiger charge is 2.14. The summed E-state index contributed by atoms with van der Waals surface area (Å²) in [4.78, 5) is 20.9. The lowest BCUT2D eigenvalue weighted by Gasteiger charge is -2.11. The molecule has 0 radical (unpaired) electrons. The summed E-state index contributed by atoms with van der Waals surface area (Å²) in [6.45, 7) is 6.36. The van der Waals surface area contributed by atoms with Gasteiger partial charge in [-0.15, -0.1) is 0 Å². The van der Waals surface area contributed by atoms with Crippen LogP contribution in [-0.2, 0) is 17.8 Å². The van der Waals surface area contributed by atoms with Crippen molar-refractivity contribution in [3.63, 3.8) is 0 Å². The van der Waals surface area contributed by atoms with Crippen molar-refractivity contribution in [2.24, 2.45) is 0 Å². The van der Waals surface area contributed by atoms with Gasteiger partial charge in [-0.25, -0.2) is 9.50 Å². The van der Waals surface area contributed by atoms with Gasteiger partial charge in [0.1, 0.15) is 0 Å². The molecule has 0 aliphatic heterocycles. The van der Waals surface area contributed by atoms with E-state index in [1.807, 2.05) is 45.0 Å². The van der Waals surface area contributed by atoms with Gasteiger partial charge in [-0.2, -0.15) is 4.98 Å². The number of rotatable bonds is 4. The van der Waals surface area contributed by atoms with Gasteiger partial charge in [0.25, 0.3) is 5.78 Å². The van der Waals surface area contributed by atoms with Crippen molar-refractivity contribution in [2.75, 3.05) is 0 Å². The highest BCUT2D eigenvalue weighted by molar-refractivity contribution is 7.71. The second-order valence-corrected chi connectivity index (χ2v) is 6.25. The van der Waals surface area contributed by atoms with Gasteiger partial charge in [0.2, 0.25) is 10.7 Å². The number of hydrogen-bond acceptors (Lipinski definition) is 4. The Morgan fingerprint density at radius 1 is 1.21 bits per heavy atom. The molecular weight excluding hydrogens is 322 g/mol. The third-order valence-corrected chi connectivity index (χ3v) is 4.22. The first-order valence-electron chi connectivity index (χ1n) is 7.71. The van der Waals surface area contributed by atoms with E-state index in [0.29, 0.717) is 17.1 Å². The summed E-state index contributed by atoms with van der Waals surface area (Å²) in [5.41, 5.74) is 4.85. The summed E-state index contributed by atoms with van der Waals surface area (Å²) in [5.74, 6) is 0.487. The minimum absolute atomic E-state index is 0.0402. The Labute approximate surface area is 144 Å². The molecule has 1 amide bonds. The summed E-state index contributed by atoms with van der Waals surface area (Å²) in [6, 6.07) is 8.11. The zero-order chi connectivity index (χ0) is 17.3. The van der Waals surface area contributed by atoms with Crippen LogP contribution in [0.4, 0.5) is 0 Å². The van der Waals surface area contributed by atoms with Gasteiger partial charge < -0.3 is 5.32 Å². The molecule has 3 rings (SSSR count). The number of carbonyl (C=O) groups is 1. The third kappa shape index (κ3) is 3.35. The van der Waals surface area contributed by atoms with E-state index in [1.165, 1.54) is 5.56 Å². The number of nitrogens with zero attached hydrogens (tertiary/aromatic N) is 3. The Bertz CT molecular complexity index is 956. The number of carbonyl (C=O) groups excluding carboxylic acids is 1. The van der Waals surface area contributed by atoms with E-state index in [4.69, 9.17) is 12.2 Å². The van der Waals surface area contributed by atoms with Crippen LogP contribution in [0.1, 0.15) is 28.1 Å². The van der Waals surface area contributed by atoms with Crippen LogP contribution in [0.15, 0.2) is 24.3 Å². The molecule has 0 saturated heterocycles. The highest BCUT2D eigenvalue weighted by atomic mass is 32.1. The van der Waals surface area contributed by atoms with Gasteiger partial charge in [0.05, 0.1) is 6.42 Å². The standard InChI is InChI=1S/C17H19N5OS/c1-10-4-6-13(7-5-10)9-18-15(23)8-14-11(2)19-16-20-17(24)21-22(16)12(14)3/h4-7H,8-9H2,1-3H3,(H,18,23)(H,21,24). The van der Waals surface area contributed by atoms with Crippen LogP contribution in [0.3, 0.4) is 0 Å². The molecule has 2 aromatic heterocycles. The van der Waals surface area contributed by atoms with Crippen LogP contribution in [-0.4, -0.2) is 25.5 Å². The smallest absolute Gasteiger partial charge is 0.252 e. The molecule has 2 heterocycles. The quantitative estimate of drug-likeness (QED) is 0.715. The van der Waals surface area contributed by atoms with Crippen LogP contribution in [0.5, 0.6) is 0 Å². The molecule has 0 unspecified atom stereocenters. The lowest BCUT2D eigenvalue weighted by atomic mass is 10.1. The number of fused-ring (bicyclic) bond motifs is 1. The zero-order valence-electron chi connectivity index (χ0n) is 13.9. The fourth-order valence-electron chi connectivity index (χ4n) is 2.62. The van der Waals surface area contributed by atoms with E-state index in [-0.39, 0.29) is 12.3 Å². The van der Waals surface area contributed by atoms with Crippen molar-refractivity contribution in [3.05, 3.63) is 57.1 Å². The summed E-state index contributed by atoms with van der Waals surface area (Å²) in [7, 11) is 0. The topological polar surface area (TPSA) is 75.1 Å². The van der Waals surface area contributed by atoms with E-state index < -0.39 is 0 Å². The van der Waals surface area contributed by atoms with Crippen molar-refractivity contribution in [3.8, 4) is 0 Å². The van der Waals surface area contributed by atoms with E-state index in [9.17, 15) is 4.79 Å². The molecule has 24 heavy (non-hydrogen) atoms. The largest absolute Gasteiger partial charge is 0.352 e. The van der Waals surface area contributed by atoms with Crippen molar-refractivity contribution in [1.82, 2.24) is 24.9 Å². The molecule has 0 bridgehead atoms. The van der Waals surface area contributed by atoms with Gasteiger partial charge >= 0.3 is 0 Å². The van der Waals surface area contributed by atoms with Gasteiger partial charge in [-0.3, -0.25) is 9.89 Å². The molecule has 0 aliphatic rings. The minimum Gasteiger partial charge on any atom is -0.352 e. The predicted molar refractivity (Wildman–Crippen MR) is 94.4 cm³/mol. The first kappa shape index (κ1) is 16.3. The van der Waals surface area contributed by atoms with E-state index in [0.717, 1.165) is 22.5 Å². The molecular formula is C17H19N5OS. The Balaban J connectivity index is 1.75. The fourth-order valence-corrected chi connectivity index (χ4v) is 2.79. The molecule has 2 N–H and O–H groups in total. The number of amides is 1. The molecule has 6 nitrogen and oxygen atoms in total. The first-order chi connectivity index (χ1) is 11.4. The average molecular weight is 341 g/mol. The number of nitrogens with one attached hydrogen (secondary N) is 2. The van der Waals surface area contributed by atoms with Crippen LogP contribution in [0.2, 0.25) is 0 Å². The van der Waals surface area contributed by atoms with Crippen LogP contribution < -0.4 is 5.32 Å². The second-order valence-electron chi connectivity index (χ2n) is 5.86. The van der Waals surface area contributed by atoms with Gasteiger partial charge in [-0.05, 0) is 38.6 Å². The Morgan fingerprint density at radius 3 is 2.62 bits per heavy atom. The first-order valence-corrected chi connectivity index (χ1v) is 8.12. The zero-order valence-corrected chi connectivity index (χ0v) is 14.7. The van der Waals surface area contributed by atoms with Crippen molar-refractivity contribution in [2.45, 2.75) is 33.7 Å². The monoisotopic (exact) mass is 341 g/mol. The summed E-state index contributed by atoms with van der Waals surface area (Å²) in [5, 5.41) is 5.91. The lowest BCUT2D eigenvalue weighted by Crippen LogP contribution is -2.25. The van der Waals surface area contributed by atoms with E-state index in [1.54, 1.807) is 4.52 Å². The highest BCUT2D eigenvalue weighted by Crippen LogP contribution is 2.14. The minimum atomic E-state index is -0.0402. The van der Waals surface area contributed by atoms with Gasteiger partial charge in [-0.1, -0.05) is 29.8 Å². The van der Waals surface area contributed by atoms with Crippen molar-refractivity contribution in [1.29, 1.82) is 0 Å². The normalized spacial score (nSPS) is 11.0. The maximum absolute atomic E-state index is 12.3. The molecule has 0 spiro atoms. The van der Waals surface area contributed by atoms with Crippen molar-refractivity contribution >= 4 is 23.9 Å². The average Bonchev–Trinajstić information content (AvgIpc) is 2.91. The lowest BCUT2D eigenvalue weighted by molar-refractivity contribution is -0.120. The third-order valence-electron chi connectivity index (χ3n) is 4.03.